The summed E-state index contributed by atoms with van der Waals surface area (Å²) in [7, 11) is 0. The first kappa shape index (κ1) is 12.7. The number of rotatable bonds is 4. The molecule has 2 aliphatic rings. The van der Waals surface area contributed by atoms with Gasteiger partial charge < -0.3 is 14.4 Å². The van der Waals surface area contributed by atoms with Crippen LogP contribution < -0.4 is 0 Å². The van der Waals surface area contributed by atoms with Gasteiger partial charge in [0.2, 0.25) is 5.91 Å². The molecule has 2 saturated heterocycles. The summed E-state index contributed by atoms with van der Waals surface area (Å²) in [5, 5.41) is 8.99. The molecule has 2 atom stereocenters. The van der Waals surface area contributed by atoms with E-state index in [-0.39, 0.29) is 18.4 Å². The van der Waals surface area contributed by atoms with E-state index in [0.717, 1.165) is 32.6 Å². The number of fused-ring (bicyclic) bond motifs is 1. The van der Waals surface area contributed by atoms with Crippen LogP contribution in [0.3, 0.4) is 0 Å². The van der Waals surface area contributed by atoms with Crippen LogP contribution >= 0.6 is 0 Å². The lowest BCUT2D eigenvalue weighted by molar-refractivity contribution is -0.140. The van der Waals surface area contributed by atoms with Crippen LogP contribution in [-0.4, -0.2) is 53.6 Å². The second-order valence-corrected chi connectivity index (χ2v) is 5.53. The van der Waals surface area contributed by atoms with Crippen LogP contribution in [0.5, 0.6) is 0 Å². The number of carbonyl (C=O) groups excluding carboxylic acids is 1. The van der Waals surface area contributed by atoms with Crippen molar-refractivity contribution in [2.24, 2.45) is 11.8 Å². The third-order valence-corrected chi connectivity index (χ3v) is 4.27. The molecule has 0 aromatic carbocycles. The molecule has 0 saturated carbocycles. The number of β-amino-alcohol motifs (C(OH)–C–C–N with tert-alkyl or cyclic N) is 1. The monoisotopic (exact) mass is 264 g/mol. The van der Waals surface area contributed by atoms with Gasteiger partial charge in [-0.05, 0) is 18.4 Å². The Morgan fingerprint density at radius 2 is 2.32 bits per heavy atom. The fourth-order valence-corrected chi connectivity index (χ4v) is 3.31. The van der Waals surface area contributed by atoms with Gasteiger partial charge in [-0.1, -0.05) is 0 Å². The molecule has 3 heterocycles. The van der Waals surface area contributed by atoms with Crippen LogP contribution in [0.1, 0.15) is 12.0 Å². The molecule has 1 N–H and O–H groups in total. The van der Waals surface area contributed by atoms with E-state index in [1.807, 2.05) is 11.0 Å². The molecule has 19 heavy (non-hydrogen) atoms. The molecule has 104 valence electrons. The maximum Gasteiger partial charge on any atom is 0.227 e. The summed E-state index contributed by atoms with van der Waals surface area (Å²) >= 11 is 0. The normalized spacial score (nSPS) is 27.8. The Hall–Kier alpha value is -1.33. The van der Waals surface area contributed by atoms with E-state index in [2.05, 4.69) is 4.90 Å². The molecule has 2 aliphatic heterocycles. The van der Waals surface area contributed by atoms with Crippen LogP contribution in [0.2, 0.25) is 0 Å². The highest BCUT2D eigenvalue weighted by Crippen LogP contribution is 2.32. The number of piperidine rings is 1. The number of amides is 1. The second kappa shape index (κ2) is 5.35. The van der Waals surface area contributed by atoms with E-state index < -0.39 is 0 Å². The summed E-state index contributed by atoms with van der Waals surface area (Å²) < 4.78 is 5.08. The van der Waals surface area contributed by atoms with Crippen molar-refractivity contribution >= 4 is 5.91 Å². The van der Waals surface area contributed by atoms with E-state index in [1.165, 1.54) is 5.56 Å². The number of hydrogen-bond acceptors (Lipinski definition) is 4. The zero-order chi connectivity index (χ0) is 13.2. The first-order valence-electron chi connectivity index (χ1n) is 6.91. The van der Waals surface area contributed by atoms with Gasteiger partial charge in [-0.2, -0.15) is 0 Å². The van der Waals surface area contributed by atoms with Crippen molar-refractivity contribution in [2.75, 3.05) is 32.8 Å². The molecule has 3 rings (SSSR count). The van der Waals surface area contributed by atoms with Crippen molar-refractivity contribution < 1.29 is 14.3 Å². The van der Waals surface area contributed by atoms with Gasteiger partial charge in [0, 0.05) is 38.3 Å². The zero-order valence-electron chi connectivity index (χ0n) is 11.0. The Morgan fingerprint density at radius 3 is 3.05 bits per heavy atom. The molecular formula is C14H20N2O3. The molecule has 1 aromatic rings. The van der Waals surface area contributed by atoms with Crippen molar-refractivity contribution in [2.45, 2.75) is 13.0 Å². The van der Waals surface area contributed by atoms with Crippen molar-refractivity contribution in [3.8, 4) is 0 Å². The average molecular weight is 264 g/mol. The van der Waals surface area contributed by atoms with E-state index >= 15 is 0 Å². The Bertz CT molecular complexity index is 432. The number of aliphatic hydroxyl groups is 1. The van der Waals surface area contributed by atoms with Crippen LogP contribution in [0.4, 0.5) is 0 Å². The number of nitrogens with zero attached hydrogens (tertiary/aromatic N) is 2. The molecule has 1 amide bonds. The van der Waals surface area contributed by atoms with Crippen molar-refractivity contribution in [3.05, 3.63) is 24.2 Å². The molecule has 0 unspecified atom stereocenters. The number of likely N-dealkylation sites (tertiary alicyclic amines) is 2. The zero-order valence-corrected chi connectivity index (χ0v) is 11.0. The van der Waals surface area contributed by atoms with Crippen molar-refractivity contribution in [1.82, 2.24) is 9.80 Å². The molecule has 5 nitrogen and oxygen atoms in total. The van der Waals surface area contributed by atoms with Crippen molar-refractivity contribution in [1.29, 1.82) is 0 Å². The summed E-state index contributed by atoms with van der Waals surface area (Å²) in [6, 6.07) is 1.97. The highest BCUT2D eigenvalue weighted by molar-refractivity contribution is 5.80. The topological polar surface area (TPSA) is 56.9 Å². The Morgan fingerprint density at radius 1 is 1.42 bits per heavy atom. The highest BCUT2D eigenvalue weighted by atomic mass is 16.3. The maximum atomic E-state index is 12.3. The number of furan rings is 1. The quantitative estimate of drug-likeness (QED) is 0.863. The number of carbonyl (C=O) groups is 1. The molecule has 5 heteroatoms. The van der Waals surface area contributed by atoms with Gasteiger partial charge in [-0.3, -0.25) is 9.69 Å². The van der Waals surface area contributed by atoms with Gasteiger partial charge in [0.15, 0.2) is 0 Å². The second-order valence-electron chi connectivity index (χ2n) is 5.53. The van der Waals surface area contributed by atoms with Crippen LogP contribution in [-0.2, 0) is 11.3 Å². The Kier molecular flexibility index (Phi) is 3.57. The van der Waals surface area contributed by atoms with Crippen LogP contribution in [0, 0.1) is 11.8 Å². The first-order chi connectivity index (χ1) is 9.28. The summed E-state index contributed by atoms with van der Waals surface area (Å²) in [6.45, 7) is 4.01. The molecule has 0 spiro atoms. The Balaban J connectivity index is 1.62. The minimum Gasteiger partial charge on any atom is -0.472 e. The lowest BCUT2D eigenvalue weighted by atomic mass is 9.88. The van der Waals surface area contributed by atoms with Crippen LogP contribution in [0.15, 0.2) is 23.0 Å². The SMILES string of the molecule is O=C1[C@@H]2CN(Cc3ccoc3)C[C@H]2CCN1CCO. The molecule has 0 aliphatic carbocycles. The predicted molar refractivity (Wildman–Crippen MR) is 69.2 cm³/mol. The smallest absolute Gasteiger partial charge is 0.227 e. The van der Waals surface area contributed by atoms with E-state index in [0.29, 0.717) is 12.5 Å². The molecule has 0 radical (unpaired) electrons. The van der Waals surface area contributed by atoms with Crippen molar-refractivity contribution in [3.63, 3.8) is 0 Å². The fraction of sp³-hybridized carbons (Fsp3) is 0.643. The highest BCUT2D eigenvalue weighted by Gasteiger charge is 2.42. The molecule has 1 aromatic heterocycles. The van der Waals surface area contributed by atoms with E-state index in [9.17, 15) is 4.79 Å². The van der Waals surface area contributed by atoms with Gasteiger partial charge in [-0.25, -0.2) is 0 Å². The first-order valence-corrected chi connectivity index (χ1v) is 6.91. The number of hydrogen-bond donors (Lipinski definition) is 1. The lowest BCUT2D eigenvalue weighted by Gasteiger charge is -2.33. The summed E-state index contributed by atoms with van der Waals surface area (Å²) in [4.78, 5) is 16.5. The largest absolute Gasteiger partial charge is 0.472 e. The molecule has 0 bridgehead atoms. The van der Waals surface area contributed by atoms with Gasteiger partial charge in [0.25, 0.3) is 0 Å². The molecule has 2 fully saturated rings. The van der Waals surface area contributed by atoms with Gasteiger partial charge in [0.1, 0.15) is 0 Å². The average Bonchev–Trinajstić information content (AvgIpc) is 3.03. The standard InChI is InChI=1S/C14H20N2O3/c17-5-4-16-3-1-12-8-15(9-13(12)14(16)18)7-11-2-6-19-10-11/h2,6,10,12-13,17H,1,3-5,7-9H2/t12-,13-/m1/s1. The minimum atomic E-state index is 0.0574. The Labute approximate surface area is 112 Å². The van der Waals surface area contributed by atoms with Crippen LogP contribution in [0.25, 0.3) is 0 Å². The lowest BCUT2D eigenvalue weighted by Crippen LogP contribution is -2.46. The summed E-state index contributed by atoms with van der Waals surface area (Å²) in [6.07, 6.45) is 4.51. The summed E-state index contributed by atoms with van der Waals surface area (Å²) in [5.74, 6) is 0.821. The van der Waals surface area contributed by atoms with E-state index in [1.54, 1.807) is 12.5 Å². The van der Waals surface area contributed by atoms with E-state index in [4.69, 9.17) is 9.52 Å². The third-order valence-electron chi connectivity index (χ3n) is 4.27. The minimum absolute atomic E-state index is 0.0574. The van der Waals surface area contributed by atoms with Gasteiger partial charge in [0.05, 0.1) is 25.1 Å². The predicted octanol–water partition coefficient (Wildman–Crippen LogP) is 0.552. The fourth-order valence-electron chi connectivity index (χ4n) is 3.31. The molecular weight excluding hydrogens is 244 g/mol. The maximum absolute atomic E-state index is 12.3. The van der Waals surface area contributed by atoms with Gasteiger partial charge >= 0.3 is 0 Å². The van der Waals surface area contributed by atoms with Gasteiger partial charge in [-0.15, -0.1) is 0 Å². The third kappa shape index (κ3) is 2.53. The summed E-state index contributed by atoms with van der Waals surface area (Å²) in [5.41, 5.74) is 1.17. The number of aliphatic hydroxyl groups excluding tert-OH is 1.